The van der Waals surface area contributed by atoms with Crippen LogP contribution in [0.15, 0.2) is 36.8 Å². The molecular weight excluding hydrogens is 304 g/mol. The molecule has 0 bridgehead atoms. The molecule has 2 saturated carbocycles. The van der Waals surface area contributed by atoms with E-state index >= 15 is 0 Å². The number of nitrogens with one attached hydrogen (secondary N) is 1. The molecule has 24 heavy (non-hydrogen) atoms. The fourth-order valence-corrected chi connectivity index (χ4v) is 4.03. The number of rotatable bonds is 5. The third-order valence-corrected chi connectivity index (χ3v) is 5.50. The van der Waals surface area contributed by atoms with Crippen LogP contribution in [0.5, 0.6) is 0 Å². The molecule has 6 nitrogen and oxygen atoms in total. The minimum absolute atomic E-state index is 0.0835. The lowest BCUT2D eigenvalue weighted by Crippen LogP contribution is -2.67. The van der Waals surface area contributed by atoms with Gasteiger partial charge in [-0.05, 0) is 44.4 Å². The molecule has 2 aromatic rings. The van der Waals surface area contributed by atoms with Crippen LogP contribution in [-0.2, 0) is 4.74 Å². The minimum Gasteiger partial charge on any atom is -0.378 e. The zero-order chi connectivity index (χ0) is 16.6. The van der Waals surface area contributed by atoms with E-state index in [1.54, 1.807) is 35.4 Å². The average molecular weight is 326 g/mol. The highest BCUT2D eigenvalue weighted by atomic mass is 16.5. The first kappa shape index (κ1) is 15.3. The fourth-order valence-electron chi connectivity index (χ4n) is 4.03. The lowest BCUT2D eigenvalue weighted by atomic mass is 9.51. The molecule has 1 spiro atoms. The van der Waals surface area contributed by atoms with Gasteiger partial charge in [0.1, 0.15) is 0 Å². The van der Waals surface area contributed by atoms with Gasteiger partial charge in [-0.3, -0.25) is 4.79 Å². The molecule has 1 amide bonds. The first-order chi connectivity index (χ1) is 11.7. The number of carbonyl (C=O) groups is 1. The lowest BCUT2D eigenvalue weighted by molar-refractivity contribution is -0.169. The first-order valence-electron chi connectivity index (χ1n) is 8.62. The zero-order valence-corrected chi connectivity index (χ0v) is 13.8. The van der Waals surface area contributed by atoms with Crippen molar-refractivity contribution in [2.24, 2.45) is 5.41 Å². The predicted molar refractivity (Wildman–Crippen MR) is 88.9 cm³/mol. The highest BCUT2D eigenvalue weighted by molar-refractivity contribution is 5.97. The maximum atomic E-state index is 12.8. The van der Waals surface area contributed by atoms with Crippen LogP contribution in [0.2, 0.25) is 0 Å². The monoisotopic (exact) mass is 326 g/mol. The van der Waals surface area contributed by atoms with Crippen LogP contribution >= 0.6 is 0 Å². The van der Waals surface area contributed by atoms with E-state index in [-0.39, 0.29) is 17.4 Å². The van der Waals surface area contributed by atoms with E-state index in [1.165, 1.54) is 6.42 Å². The van der Waals surface area contributed by atoms with E-state index in [1.807, 2.05) is 13.0 Å². The molecule has 0 aromatic carbocycles. The van der Waals surface area contributed by atoms with Crippen molar-refractivity contribution in [1.82, 2.24) is 20.1 Å². The Morgan fingerprint density at radius 2 is 2.29 bits per heavy atom. The standard InChI is InChI=1S/C18H22N4O2/c1-2-24-15-12-14(18(15)7-4-8-18)21-17(23)13-6-3-9-19-16(13)22-11-5-10-20-22/h3,5-6,9-11,14-15H,2,4,7-8,12H2,1H3,(H,21,23). The number of pyridine rings is 1. The number of amides is 1. The van der Waals surface area contributed by atoms with Crippen LogP contribution in [0, 0.1) is 5.41 Å². The largest absolute Gasteiger partial charge is 0.378 e. The number of carbonyl (C=O) groups excluding carboxylic acids is 1. The van der Waals surface area contributed by atoms with Crippen LogP contribution < -0.4 is 5.32 Å². The second-order valence-electron chi connectivity index (χ2n) is 6.62. The summed E-state index contributed by atoms with van der Waals surface area (Å²) in [7, 11) is 0. The molecular formula is C18H22N4O2. The van der Waals surface area contributed by atoms with Gasteiger partial charge in [-0.1, -0.05) is 6.42 Å². The van der Waals surface area contributed by atoms with Crippen molar-refractivity contribution in [3.05, 3.63) is 42.4 Å². The van der Waals surface area contributed by atoms with Crippen LogP contribution in [-0.4, -0.2) is 39.4 Å². The molecule has 2 heterocycles. The number of aromatic nitrogens is 3. The van der Waals surface area contributed by atoms with Gasteiger partial charge in [0.25, 0.3) is 5.91 Å². The van der Waals surface area contributed by atoms with E-state index in [4.69, 9.17) is 4.74 Å². The normalized spacial score (nSPS) is 24.2. The zero-order valence-electron chi connectivity index (χ0n) is 13.8. The lowest BCUT2D eigenvalue weighted by Gasteiger charge is -2.61. The Labute approximate surface area is 141 Å². The second-order valence-corrected chi connectivity index (χ2v) is 6.62. The Kier molecular flexibility index (Phi) is 3.84. The molecule has 2 fully saturated rings. The van der Waals surface area contributed by atoms with Gasteiger partial charge in [-0.25, -0.2) is 9.67 Å². The van der Waals surface area contributed by atoms with Gasteiger partial charge in [0.15, 0.2) is 5.82 Å². The summed E-state index contributed by atoms with van der Waals surface area (Å²) in [6, 6.07) is 5.59. The summed E-state index contributed by atoms with van der Waals surface area (Å²) in [5.74, 6) is 0.475. The van der Waals surface area contributed by atoms with Gasteiger partial charge in [0.05, 0.1) is 11.7 Å². The molecule has 0 saturated heterocycles. The average Bonchev–Trinajstić information content (AvgIpc) is 3.06. The summed E-state index contributed by atoms with van der Waals surface area (Å²) in [6.07, 6.45) is 9.84. The van der Waals surface area contributed by atoms with Gasteiger partial charge in [0, 0.05) is 36.7 Å². The van der Waals surface area contributed by atoms with Crippen LogP contribution in [0.4, 0.5) is 0 Å². The first-order valence-corrected chi connectivity index (χ1v) is 8.62. The van der Waals surface area contributed by atoms with E-state index in [0.717, 1.165) is 25.9 Å². The summed E-state index contributed by atoms with van der Waals surface area (Å²) >= 11 is 0. The highest BCUT2D eigenvalue weighted by Crippen LogP contribution is 2.57. The molecule has 0 radical (unpaired) electrons. The van der Waals surface area contributed by atoms with Crippen LogP contribution in [0.25, 0.3) is 5.82 Å². The number of ether oxygens (including phenoxy) is 1. The Morgan fingerprint density at radius 3 is 2.96 bits per heavy atom. The molecule has 2 atom stereocenters. The summed E-state index contributed by atoms with van der Waals surface area (Å²) in [5.41, 5.74) is 0.704. The molecule has 2 aliphatic rings. The van der Waals surface area contributed by atoms with E-state index in [2.05, 4.69) is 15.4 Å². The fraction of sp³-hybridized carbons (Fsp3) is 0.500. The molecule has 0 aliphatic heterocycles. The summed E-state index contributed by atoms with van der Waals surface area (Å²) in [6.45, 7) is 2.77. The topological polar surface area (TPSA) is 69.0 Å². The number of hydrogen-bond acceptors (Lipinski definition) is 4. The van der Waals surface area contributed by atoms with Crippen molar-refractivity contribution in [1.29, 1.82) is 0 Å². The Bertz CT molecular complexity index is 724. The Morgan fingerprint density at radius 1 is 1.42 bits per heavy atom. The van der Waals surface area contributed by atoms with E-state index in [9.17, 15) is 4.79 Å². The maximum Gasteiger partial charge on any atom is 0.255 e. The molecule has 6 heteroatoms. The van der Waals surface area contributed by atoms with Crippen LogP contribution in [0.1, 0.15) is 43.0 Å². The van der Waals surface area contributed by atoms with Crippen molar-refractivity contribution in [3.63, 3.8) is 0 Å². The molecule has 2 aromatic heterocycles. The van der Waals surface area contributed by atoms with Gasteiger partial charge in [-0.2, -0.15) is 5.10 Å². The second kappa shape index (κ2) is 6.02. The third-order valence-electron chi connectivity index (χ3n) is 5.50. The smallest absolute Gasteiger partial charge is 0.255 e. The molecule has 126 valence electrons. The summed E-state index contributed by atoms with van der Waals surface area (Å²) in [5, 5.41) is 7.41. The predicted octanol–water partition coefficient (Wildman–Crippen LogP) is 2.34. The van der Waals surface area contributed by atoms with Gasteiger partial charge in [-0.15, -0.1) is 0 Å². The SMILES string of the molecule is CCOC1CC(NC(=O)c2cccnc2-n2cccn2)C12CCC2. The molecule has 2 aliphatic carbocycles. The van der Waals surface area contributed by atoms with Crippen molar-refractivity contribution < 1.29 is 9.53 Å². The molecule has 4 rings (SSSR count). The van der Waals surface area contributed by atoms with Gasteiger partial charge < -0.3 is 10.1 Å². The van der Waals surface area contributed by atoms with Gasteiger partial charge in [0.2, 0.25) is 0 Å². The number of hydrogen-bond donors (Lipinski definition) is 1. The summed E-state index contributed by atoms with van der Waals surface area (Å²) < 4.78 is 7.48. The Balaban J connectivity index is 1.52. The number of nitrogens with zero attached hydrogens (tertiary/aromatic N) is 3. The minimum atomic E-state index is -0.0835. The third kappa shape index (κ3) is 2.33. The maximum absolute atomic E-state index is 12.8. The molecule has 2 unspecified atom stereocenters. The van der Waals surface area contributed by atoms with Crippen molar-refractivity contribution >= 4 is 5.91 Å². The molecule has 1 N–H and O–H groups in total. The van der Waals surface area contributed by atoms with E-state index in [0.29, 0.717) is 17.5 Å². The summed E-state index contributed by atoms with van der Waals surface area (Å²) in [4.78, 5) is 17.1. The van der Waals surface area contributed by atoms with Crippen molar-refractivity contribution in [2.45, 2.75) is 44.8 Å². The van der Waals surface area contributed by atoms with Crippen molar-refractivity contribution in [2.75, 3.05) is 6.61 Å². The van der Waals surface area contributed by atoms with Gasteiger partial charge >= 0.3 is 0 Å². The van der Waals surface area contributed by atoms with Crippen LogP contribution in [0.3, 0.4) is 0 Å². The highest BCUT2D eigenvalue weighted by Gasteiger charge is 2.59. The Hall–Kier alpha value is -2.21. The van der Waals surface area contributed by atoms with E-state index < -0.39 is 0 Å². The quantitative estimate of drug-likeness (QED) is 0.916. The van der Waals surface area contributed by atoms with Crippen molar-refractivity contribution in [3.8, 4) is 5.82 Å².